The van der Waals surface area contributed by atoms with Gasteiger partial charge in [0, 0.05) is 0 Å². The molecule has 0 radical (unpaired) electrons. The number of hydrogen-bond donors (Lipinski definition) is 0. The third-order valence-electron chi connectivity index (χ3n) is 0.707. The Balaban J connectivity index is 4.07. The average molecular weight is 152 g/mol. The van der Waals surface area contributed by atoms with Crippen LogP contribution >= 0.6 is 0 Å². The van der Waals surface area contributed by atoms with Gasteiger partial charge in [-0.3, -0.25) is 0 Å². The molecule has 10 heavy (non-hydrogen) atoms. The topological polar surface area (TPSA) is 80.3 Å². The maximum atomic E-state index is 11.7. The third kappa shape index (κ3) is 1.96. The van der Waals surface area contributed by atoms with E-state index in [9.17, 15) is 28.6 Å². The Morgan fingerprint density at radius 2 is 1.20 bits per heavy atom. The van der Waals surface area contributed by atoms with Crippen LogP contribution in [0.3, 0.4) is 0 Å². The van der Waals surface area contributed by atoms with Crippen LogP contribution in [0, 0.1) is 0 Å². The second-order valence-electron chi connectivity index (χ2n) is 1.44. The van der Waals surface area contributed by atoms with Crippen molar-refractivity contribution >= 4 is 11.9 Å². The van der Waals surface area contributed by atoms with E-state index < -0.39 is 24.3 Å². The van der Waals surface area contributed by atoms with Crippen molar-refractivity contribution in [2.75, 3.05) is 0 Å². The fourth-order valence-corrected chi connectivity index (χ4v) is 0.239. The van der Waals surface area contributed by atoms with Crippen molar-refractivity contribution in [3.05, 3.63) is 0 Å². The van der Waals surface area contributed by atoms with Gasteiger partial charge >= 0.3 is 0 Å². The number of hydrogen-bond acceptors (Lipinski definition) is 4. The monoisotopic (exact) mass is 152 g/mol. The Morgan fingerprint density at radius 3 is 1.30 bits per heavy atom. The van der Waals surface area contributed by atoms with Crippen LogP contribution in [0.5, 0.6) is 0 Å². The Bertz CT molecular complexity index is 139. The van der Waals surface area contributed by atoms with Crippen molar-refractivity contribution in [2.45, 2.75) is 12.3 Å². The Kier molecular flexibility index (Phi) is 2.72. The van der Waals surface area contributed by atoms with Crippen molar-refractivity contribution in [1.82, 2.24) is 0 Å². The summed E-state index contributed by atoms with van der Waals surface area (Å²) in [7, 11) is 0. The lowest BCUT2D eigenvalue weighted by molar-refractivity contribution is -0.326. The fourth-order valence-electron chi connectivity index (χ4n) is 0.239. The summed E-state index contributed by atoms with van der Waals surface area (Å²) >= 11 is 0. The predicted molar refractivity (Wildman–Crippen MR) is 19.8 cm³/mol. The molecule has 4 nitrogen and oxygen atoms in total. The van der Waals surface area contributed by atoms with Crippen molar-refractivity contribution in [3.63, 3.8) is 0 Å². The summed E-state index contributed by atoms with van der Waals surface area (Å²) in [5, 5.41) is 18.9. The van der Waals surface area contributed by atoms with E-state index in [0.29, 0.717) is 0 Å². The maximum absolute atomic E-state index is 11.7. The van der Waals surface area contributed by atoms with Crippen molar-refractivity contribution in [3.8, 4) is 0 Å². The van der Waals surface area contributed by atoms with E-state index in [1.165, 1.54) is 0 Å². The molecule has 0 aliphatic rings. The minimum absolute atomic E-state index is 2.41. The molecule has 0 aromatic carbocycles. The molecule has 0 aromatic heterocycles. The van der Waals surface area contributed by atoms with Gasteiger partial charge in [-0.2, -0.15) is 0 Å². The molecular formula is C4H2F2O4-2. The van der Waals surface area contributed by atoms with Crippen LogP contribution in [0.2, 0.25) is 0 Å². The summed E-state index contributed by atoms with van der Waals surface area (Å²) in [6.07, 6.45) is -6.32. The van der Waals surface area contributed by atoms with Crippen LogP contribution in [0.25, 0.3) is 0 Å². The summed E-state index contributed by atoms with van der Waals surface area (Å²) in [6, 6.07) is 0. The summed E-state index contributed by atoms with van der Waals surface area (Å²) in [5.74, 6) is -4.81. The van der Waals surface area contributed by atoms with Gasteiger partial charge < -0.3 is 19.8 Å². The minimum atomic E-state index is -3.16. The van der Waals surface area contributed by atoms with E-state index >= 15 is 0 Å². The van der Waals surface area contributed by atoms with Crippen molar-refractivity contribution in [2.24, 2.45) is 0 Å². The number of carboxylic acid groups (broad SMARTS) is 2. The normalized spacial score (nSPS) is 15.8. The highest BCUT2D eigenvalue weighted by Crippen LogP contribution is 2.00. The number of halogens is 2. The lowest BCUT2D eigenvalue weighted by atomic mass is 10.2. The van der Waals surface area contributed by atoms with Crippen LogP contribution < -0.4 is 10.2 Å². The lowest BCUT2D eigenvalue weighted by Gasteiger charge is -2.14. The highest BCUT2D eigenvalue weighted by Gasteiger charge is 2.22. The SMILES string of the molecule is O=C([O-])C(F)C(F)C(=O)[O-]. The molecule has 58 valence electrons. The molecule has 0 aliphatic heterocycles. The predicted octanol–water partition coefficient (Wildman–Crippen LogP) is -2.84. The molecule has 0 aliphatic carbocycles. The molecule has 2 atom stereocenters. The molecule has 0 heterocycles. The molecule has 0 fully saturated rings. The first kappa shape index (κ1) is 8.80. The zero-order chi connectivity index (χ0) is 8.31. The highest BCUT2D eigenvalue weighted by molar-refractivity contribution is 5.81. The van der Waals surface area contributed by atoms with Gasteiger partial charge in [0.1, 0.15) is 0 Å². The number of alkyl halides is 2. The highest BCUT2D eigenvalue weighted by atomic mass is 19.2. The molecule has 0 saturated carbocycles. The molecule has 0 bridgehead atoms. The first-order valence-corrected chi connectivity index (χ1v) is 2.16. The molecule has 0 spiro atoms. The fraction of sp³-hybridized carbons (Fsp3) is 0.500. The molecule has 0 N–H and O–H groups in total. The van der Waals surface area contributed by atoms with Crippen LogP contribution in [-0.4, -0.2) is 24.3 Å². The van der Waals surface area contributed by atoms with Gasteiger partial charge in [0.25, 0.3) is 0 Å². The van der Waals surface area contributed by atoms with E-state index in [2.05, 4.69) is 0 Å². The minimum Gasteiger partial charge on any atom is -0.547 e. The average Bonchev–Trinajstić information content (AvgIpc) is 1.84. The molecule has 0 saturated heterocycles. The molecule has 2 unspecified atom stereocenters. The number of aliphatic carboxylic acids is 2. The largest absolute Gasteiger partial charge is 0.547 e. The Hall–Kier alpha value is -1.20. The number of rotatable bonds is 3. The summed E-state index contributed by atoms with van der Waals surface area (Å²) in [4.78, 5) is 18.9. The van der Waals surface area contributed by atoms with Crippen molar-refractivity contribution < 1.29 is 28.6 Å². The van der Waals surface area contributed by atoms with Crippen LogP contribution in [0.15, 0.2) is 0 Å². The number of carbonyl (C=O) groups excluding carboxylic acids is 2. The van der Waals surface area contributed by atoms with Crippen molar-refractivity contribution in [1.29, 1.82) is 0 Å². The molecule has 0 amide bonds. The van der Waals surface area contributed by atoms with Crippen LogP contribution in [0.1, 0.15) is 0 Å². The van der Waals surface area contributed by atoms with E-state index in [0.717, 1.165) is 0 Å². The Morgan fingerprint density at radius 1 is 1.00 bits per heavy atom. The van der Waals surface area contributed by atoms with Gasteiger partial charge in [0.15, 0.2) is 12.3 Å². The smallest absolute Gasteiger partial charge is 0.176 e. The first-order chi connectivity index (χ1) is 4.46. The maximum Gasteiger partial charge on any atom is 0.176 e. The summed E-state index contributed by atoms with van der Waals surface area (Å²) in [5.41, 5.74) is 0. The molecule has 0 rings (SSSR count). The zero-order valence-corrected chi connectivity index (χ0v) is 4.54. The second kappa shape index (κ2) is 3.09. The molecule has 0 aromatic rings. The first-order valence-electron chi connectivity index (χ1n) is 2.16. The summed E-state index contributed by atoms with van der Waals surface area (Å²) < 4.78 is 23.4. The van der Waals surface area contributed by atoms with Gasteiger partial charge in [-0.05, 0) is 0 Å². The van der Waals surface area contributed by atoms with Crippen LogP contribution in [0.4, 0.5) is 8.78 Å². The molecular weight excluding hydrogens is 150 g/mol. The van der Waals surface area contributed by atoms with E-state index in [4.69, 9.17) is 0 Å². The molecule has 6 heteroatoms. The number of carboxylic acids is 2. The van der Waals surface area contributed by atoms with Gasteiger partial charge in [-0.1, -0.05) is 0 Å². The van der Waals surface area contributed by atoms with Crippen LogP contribution in [-0.2, 0) is 9.59 Å². The summed E-state index contributed by atoms with van der Waals surface area (Å²) in [6.45, 7) is 0. The standard InChI is InChI=1S/C4H4F2O4/c5-1(3(7)8)2(6)4(9)10/h1-2H,(H,7,8)(H,9,10)/p-2. The third-order valence-corrected chi connectivity index (χ3v) is 0.707. The van der Waals surface area contributed by atoms with Gasteiger partial charge in [-0.25, -0.2) is 8.78 Å². The van der Waals surface area contributed by atoms with E-state index in [1.54, 1.807) is 0 Å². The van der Waals surface area contributed by atoms with Gasteiger partial charge in [0.05, 0.1) is 11.9 Å². The lowest BCUT2D eigenvalue weighted by Crippen LogP contribution is -2.46. The quantitative estimate of drug-likeness (QED) is 0.436. The second-order valence-corrected chi connectivity index (χ2v) is 1.44. The van der Waals surface area contributed by atoms with Gasteiger partial charge in [0.2, 0.25) is 0 Å². The Labute approximate surface area is 54.1 Å². The zero-order valence-electron chi connectivity index (χ0n) is 4.54. The number of carbonyl (C=O) groups is 2. The van der Waals surface area contributed by atoms with E-state index in [-0.39, 0.29) is 0 Å². The van der Waals surface area contributed by atoms with E-state index in [1.807, 2.05) is 0 Å². The van der Waals surface area contributed by atoms with Gasteiger partial charge in [-0.15, -0.1) is 0 Å².